The van der Waals surface area contributed by atoms with Crippen molar-refractivity contribution in [2.45, 2.75) is 58.4 Å². The number of piperidine rings is 1. The Labute approximate surface area is 161 Å². The zero-order valence-corrected chi connectivity index (χ0v) is 16.5. The summed E-state index contributed by atoms with van der Waals surface area (Å²) in [5.41, 5.74) is 2.87. The van der Waals surface area contributed by atoms with Crippen LogP contribution in [0, 0.1) is 0 Å². The van der Waals surface area contributed by atoms with Crippen LogP contribution in [0.5, 0.6) is 0 Å². The van der Waals surface area contributed by atoms with E-state index in [1.54, 1.807) is 0 Å². The van der Waals surface area contributed by atoms with Crippen LogP contribution in [0.3, 0.4) is 0 Å². The largest absolute Gasteiger partial charge is 0.367 e. The molecule has 1 N–H and O–H groups in total. The number of benzene rings is 1. The van der Waals surface area contributed by atoms with Crippen molar-refractivity contribution >= 4 is 22.5 Å². The molecule has 3 aromatic rings. The van der Waals surface area contributed by atoms with E-state index >= 15 is 0 Å². The minimum atomic E-state index is 0.771. The van der Waals surface area contributed by atoms with Crippen molar-refractivity contribution in [1.29, 1.82) is 0 Å². The van der Waals surface area contributed by atoms with Crippen molar-refractivity contribution in [2.24, 2.45) is 0 Å². The summed E-state index contributed by atoms with van der Waals surface area (Å²) in [6.45, 7) is 7.74. The molecule has 0 bridgehead atoms. The van der Waals surface area contributed by atoms with Crippen LogP contribution in [0.25, 0.3) is 16.7 Å². The summed E-state index contributed by atoms with van der Waals surface area (Å²) in [4.78, 5) is 7.49. The third-order valence-corrected chi connectivity index (χ3v) is 5.75. The Morgan fingerprint density at radius 3 is 2.89 bits per heavy atom. The molecule has 1 fully saturated rings. The van der Waals surface area contributed by atoms with Crippen molar-refractivity contribution < 1.29 is 0 Å². The first-order valence-corrected chi connectivity index (χ1v) is 10.4. The zero-order chi connectivity index (χ0) is 18.6. The highest BCUT2D eigenvalue weighted by Gasteiger charge is 2.20. The lowest BCUT2D eigenvalue weighted by atomic mass is 10.00. The maximum Gasteiger partial charge on any atom is 0.204 e. The van der Waals surface area contributed by atoms with Crippen LogP contribution in [0.4, 0.5) is 5.82 Å². The van der Waals surface area contributed by atoms with Gasteiger partial charge in [0.1, 0.15) is 5.82 Å². The molecule has 0 saturated carbocycles. The van der Waals surface area contributed by atoms with E-state index in [9.17, 15) is 0 Å². The summed E-state index contributed by atoms with van der Waals surface area (Å²) in [5.74, 6) is 1.82. The molecule has 2 aromatic heterocycles. The van der Waals surface area contributed by atoms with Crippen LogP contribution in [0.2, 0.25) is 0 Å². The molecule has 0 spiro atoms. The second kappa shape index (κ2) is 8.21. The monoisotopic (exact) mass is 366 g/mol. The predicted molar refractivity (Wildman–Crippen MR) is 110 cm³/mol. The average molecular weight is 367 g/mol. The predicted octanol–water partition coefficient (Wildman–Crippen LogP) is 3.91. The van der Waals surface area contributed by atoms with Gasteiger partial charge < -0.3 is 10.2 Å². The van der Waals surface area contributed by atoms with E-state index in [0.717, 1.165) is 60.3 Å². The molecule has 0 aliphatic carbocycles. The van der Waals surface area contributed by atoms with Gasteiger partial charge in [0.05, 0.1) is 11.0 Å². The summed E-state index contributed by atoms with van der Waals surface area (Å²) >= 11 is 0. The van der Waals surface area contributed by atoms with Crippen molar-refractivity contribution in [3.8, 4) is 0 Å². The molecule has 0 radical (unpaired) electrons. The van der Waals surface area contributed by atoms with E-state index in [0.29, 0.717) is 0 Å². The van der Waals surface area contributed by atoms with Gasteiger partial charge in [-0.1, -0.05) is 32.4 Å². The maximum absolute atomic E-state index is 4.82. The molecule has 1 aliphatic heterocycles. The molecule has 1 aromatic carbocycles. The van der Waals surface area contributed by atoms with E-state index in [-0.39, 0.29) is 0 Å². The Bertz CT molecular complexity index is 902. The van der Waals surface area contributed by atoms with Gasteiger partial charge in [-0.2, -0.15) is 0 Å². The maximum atomic E-state index is 4.82. The highest BCUT2D eigenvalue weighted by atomic mass is 15.3. The van der Waals surface area contributed by atoms with Crippen molar-refractivity contribution in [1.82, 2.24) is 24.5 Å². The van der Waals surface area contributed by atoms with E-state index in [1.807, 2.05) is 12.1 Å². The Morgan fingerprint density at radius 1 is 1.15 bits per heavy atom. The molecule has 27 heavy (non-hydrogen) atoms. The minimum absolute atomic E-state index is 0.771. The van der Waals surface area contributed by atoms with Crippen LogP contribution in [0.1, 0.15) is 51.8 Å². The quantitative estimate of drug-likeness (QED) is 0.643. The van der Waals surface area contributed by atoms with Crippen LogP contribution >= 0.6 is 0 Å². The lowest BCUT2D eigenvalue weighted by Crippen LogP contribution is -2.40. The normalized spacial score (nSPS) is 18.4. The fourth-order valence-corrected chi connectivity index (χ4v) is 4.29. The van der Waals surface area contributed by atoms with Crippen LogP contribution in [0.15, 0.2) is 24.3 Å². The average Bonchev–Trinajstić information content (AvgIpc) is 3.16. The molecule has 144 valence electrons. The number of para-hydroxylation sites is 2. The van der Waals surface area contributed by atoms with E-state index in [1.165, 1.54) is 32.2 Å². The molecule has 1 unspecified atom stereocenters. The van der Waals surface area contributed by atoms with Gasteiger partial charge in [0.2, 0.25) is 5.65 Å². The third kappa shape index (κ3) is 3.63. The summed E-state index contributed by atoms with van der Waals surface area (Å²) in [7, 11) is 0. The molecule has 1 saturated heterocycles. The standard InChI is InChI=1S/C21H30N6/c1-3-16-10-7-8-14-26(16)15-9-13-22-20-21-25-24-19(4-2)27(21)18-12-6-5-11-17(18)23-20/h5-6,11-12,16H,3-4,7-10,13-15H2,1-2H3,(H,22,23). The molecular formula is C21H30N6. The number of hydrogen-bond acceptors (Lipinski definition) is 5. The van der Waals surface area contributed by atoms with E-state index in [4.69, 9.17) is 4.98 Å². The molecule has 6 nitrogen and oxygen atoms in total. The summed E-state index contributed by atoms with van der Waals surface area (Å²) in [6.07, 6.45) is 7.32. The lowest BCUT2D eigenvalue weighted by Gasteiger charge is -2.35. The fourth-order valence-electron chi connectivity index (χ4n) is 4.29. The van der Waals surface area contributed by atoms with Crippen molar-refractivity contribution in [2.75, 3.05) is 25.0 Å². The molecule has 1 aliphatic rings. The van der Waals surface area contributed by atoms with E-state index < -0.39 is 0 Å². The third-order valence-electron chi connectivity index (χ3n) is 5.75. The van der Waals surface area contributed by atoms with Gasteiger partial charge in [-0.05, 0) is 44.4 Å². The topological polar surface area (TPSA) is 58.4 Å². The number of fused-ring (bicyclic) bond motifs is 3. The SMILES string of the molecule is CCc1nnc2c(NCCCN3CCCCC3CC)nc3ccccc3n12. The lowest BCUT2D eigenvalue weighted by molar-refractivity contribution is 0.144. The van der Waals surface area contributed by atoms with Gasteiger partial charge in [-0.25, -0.2) is 4.98 Å². The Morgan fingerprint density at radius 2 is 2.04 bits per heavy atom. The van der Waals surface area contributed by atoms with Crippen LogP contribution < -0.4 is 5.32 Å². The van der Waals surface area contributed by atoms with E-state index in [2.05, 4.69) is 50.8 Å². The number of rotatable bonds is 7. The highest BCUT2D eigenvalue weighted by Crippen LogP contribution is 2.22. The van der Waals surface area contributed by atoms with Crippen LogP contribution in [-0.4, -0.2) is 50.2 Å². The number of aromatic nitrogens is 4. The summed E-state index contributed by atoms with van der Waals surface area (Å²) < 4.78 is 2.14. The zero-order valence-electron chi connectivity index (χ0n) is 16.5. The van der Waals surface area contributed by atoms with Gasteiger partial charge in [-0.3, -0.25) is 4.40 Å². The molecule has 6 heteroatoms. The highest BCUT2D eigenvalue weighted by molar-refractivity contribution is 5.82. The van der Waals surface area contributed by atoms with Crippen molar-refractivity contribution in [3.05, 3.63) is 30.1 Å². The molecule has 1 atom stereocenters. The number of anilines is 1. The van der Waals surface area contributed by atoms with Gasteiger partial charge in [-0.15, -0.1) is 10.2 Å². The number of aryl methyl sites for hydroxylation is 1. The van der Waals surface area contributed by atoms with Gasteiger partial charge in [0, 0.05) is 25.6 Å². The van der Waals surface area contributed by atoms with Crippen LogP contribution in [-0.2, 0) is 6.42 Å². The minimum Gasteiger partial charge on any atom is -0.367 e. The Kier molecular flexibility index (Phi) is 5.53. The second-order valence-corrected chi connectivity index (χ2v) is 7.45. The van der Waals surface area contributed by atoms with Gasteiger partial charge in [0.25, 0.3) is 0 Å². The first-order valence-electron chi connectivity index (χ1n) is 10.4. The second-order valence-electron chi connectivity index (χ2n) is 7.45. The number of nitrogens with one attached hydrogen (secondary N) is 1. The number of nitrogens with zero attached hydrogens (tertiary/aromatic N) is 5. The molecule has 0 amide bonds. The molecule has 4 rings (SSSR count). The van der Waals surface area contributed by atoms with Gasteiger partial charge in [0.15, 0.2) is 5.82 Å². The Balaban J connectivity index is 1.49. The summed E-state index contributed by atoms with van der Waals surface area (Å²) in [6, 6.07) is 8.98. The Hall–Kier alpha value is -2.21. The summed E-state index contributed by atoms with van der Waals surface area (Å²) in [5, 5.41) is 12.3. The fraction of sp³-hybridized carbons (Fsp3) is 0.571. The van der Waals surface area contributed by atoms with Crippen molar-refractivity contribution in [3.63, 3.8) is 0 Å². The smallest absolute Gasteiger partial charge is 0.204 e. The first kappa shape index (κ1) is 18.2. The molecule has 3 heterocycles. The number of hydrogen-bond donors (Lipinski definition) is 1. The molecular weight excluding hydrogens is 336 g/mol. The van der Waals surface area contributed by atoms with Gasteiger partial charge >= 0.3 is 0 Å². The first-order chi connectivity index (χ1) is 13.3. The number of likely N-dealkylation sites (tertiary alicyclic amines) is 1.